The quantitative estimate of drug-likeness (QED) is 0.0457. The maximum atomic E-state index is 12.1. The van der Waals surface area contributed by atoms with Crippen LogP contribution in [0.15, 0.2) is 48.6 Å². The van der Waals surface area contributed by atoms with Crippen molar-refractivity contribution < 1.29 is 29.3 Å². The second-order valence-electron chi connectivity index (χ2n) is 12.1. The summed E-state index contributed by atoms with van der Waals surface area (Å²) in [6.07, 6.45) is 37.6. The molecule has 0 aliphatic heterocycles. The van der Waals surface area contributed by atoms with Crippen LogP contribution in [0.3, 0.4) is 0 Å². The lowest BCUT2D eigenvalue weighted by Gasteiger charge is -2.15. The smallest absolute Gasteiger partial charge is 0.306 e. The Morgan fingerprint density at radius 2 is 1.05 bits per heavy atom. The van der Waals surface area contributed by atoms with Gasteiger partial charge in [0, 0.05) is 19.4 Å². The molecule has 0 radical (unpaired) electrons. The fourth-order valence-electron chi connectivity index (χ4n) is 4.65. The van der Waals surface area contributed by atoms with Crippen LogP contribution >= 0.6 is 0 Å². The molecule has 0 aromatic rings. The summed E-state index contributed by atoms with van der Waals surface area (Å²) >= 11 is 0. The molecule has 0 fully saturated rings. The highest BCUT2D eigenvalue weighted by molar-refractivity contribution is 5.70. The van der Waals surface area contributed by atoms with E-state index >= 15 is 0 Å². The standard InChI is InChI=1S/C38H66O6/c1-35(2)29-25-21-17-13-12-15-19-23-27-31-38(42)44-36(33-40)34-43-37(41)30-26-22-18-14-10-8-6-4-3-5-7-9-11-16-20-24-28-32-39/h3,5-6,8-9,11,14,18,35-36,39-40H,4,7,10,12-13,15-17,19-34H2,1-2H3/b5-3-,8-6-,11-9-,18-14-/t36-/m0/s1. The van der Waals surface area contributed by atoms with Crippen LogP contribution in [0.2, 0.25) is 0 Å². The highest BCUT2D eigenvalue weighted by atomic mass is 16.6. The maximum Gasteiger partial charge on any atom is 0.306 e. The monoisotopic (exact) mass is 618 g/mol. The molecule has 0 amide bonds. The van der Waals surface area contributed by atoms with Crippen LogP contribution in [0, 0.1) is 5.92 Å². The minimum atomic E-state index is -0.798. The first kappa shape index (κ1) is 41.8. The van der Waals surface area contributed by atoms with E-state index in [1.54, 1.807) is 0 Å². The van der Waals surface area contributed by atoms with E-state index in [1.165, 1.54) is 44.9 Å². The average Bonchev–Trinajstić information content (AvgIpc) is 3.01. The van der Waals surface area contributed by atoms with Crippen LogP contribution in [-0.2, 0) is 19.1 Å². The van der Waals surface area contributed by atoms with E-state index in [0.717, 1.165) is 76.5 Å². The van der Waals surface area contributed by atoms with Gasteiger partial charge in [0.2, 0.25) is 0 Å². The van der Waals surface area contributed by atoms with Crippen molar-refractivity contribution in [2.24, 2.45) is 5.92 Å². The lowest BCUT2D eigenvalue weighted by Crippen LogP contribution is -2.28. The van der Waals surface area contributed by atoms with Gasteiger partial charge in [0.05, 0.1) is 6.61 Å². The lowest BCUT2D eigenvalue weighted by atomic mass is 10.0. The summed E-state index contributed by atoms with van der Waals surface area (Å²) in [5.41, 5.74) is 0. The van der Waals surface area contributed by atoms with Crippen LogP contribution < -0.4 is 0 Å². The highest BCUT2D eigenvalue weighted by Gasteiger charge is 2.16. The van der Waals surface area contributed by atoms with Crippen LogP contribution in [0.25, 0.3) is 0 Å². The number of unbranched alkanes of at least 4 members (excludes halogenated alkanes) is 12. The van der Waals surface area contributed by atoms with Crippen molar-refractivity contribution in [2.45, 2.75) is 155 Å². The summed E-state index contributed by atoms with van der Waals surface area (Å²) in [5, 5.41) is 18.3. The number of rotatable bonds is 31. The van der Waals surface area contributed by atoms with Gasteiger partial charge < -0.3 is 19.7 Å². The molecule has 0 heterocycles. The molecule has 0 saturated carbocycles. The van der Waals surface area contributed by atoms with E-state index < -0.39 is 6.10 Å². The van der Waals surface area contributed by atoms with Gasteiger partial charge in [-0.15, -0.1) is 0 Å². The van der Waals surface area contributed by atoms with Gasteiger partial charge in [0.1, 0.15) is 6.61 Å². The first-order valence-corrected chi connectivity index (χ1v) is 17.7. The summed E-state index contributed by atoms with van der Waals surface area (Å²) in [7, 11) is 0. The van der Waals surface area contributed by atoms with Crippen molar-refractivity contribution in [3.63, 3.8) is 0 Å². The number of aliphatic hydroxyl groups excluding tert-OH is 2. The fourth-order valence-corrected chi connectivity index (χ4v) is 4.65. The summed E-state index contributed by atoms with van der Waals surface area (Å²) in [5.74, 6) is 0.133. The van der Waals surface area contributed by atoms with E-state index in [2.05, 4.69) is 62.5 Å². The van der Waals surface area contributed by atoms with Gasteiger partial charge in [-0.2, -0.15) is 0 Å². The molecule has 254 valence electrons. The molecule has 0 spiro atoms. The molecule has 0 aliphatic rings. The average molecular weight is 619 g/mol. The Labute approximate surface area is 270 Å². The number of aliphatic hydroxyl groups is 2. The molecule has 44 heavy (non-hydrogen) atoms. The van der Waals surface area contributed by atoms with Crippen LogP contribution in [0.5, 0.6) is 0 Å². The van der Waals surface area contributed by atoms with E-state index in [1.807, 2.05) is 0 Å². The van der Waals surface area contributed by atoms with E-state index in [4.69, 9.17) is 14.6 Å². The second-order valence-corrected chi connectivity index (χ2v) is 12.1. The number of esters is 2. The number of allylic oxidation sites excluding steroid dienone is 8. The first-order chi connectivity index (χ1) is 21.5. The first-order valence-electron chi connectivity index (χ1n) is 17.7. The SMILES string of the molecule is CC(C)CCCCCCCCCCCC(=O)O[C@@H](CO)COC(=O)CCC/C=C\C/C=C\C/C=C\C/C=C\CCCCCO. The Balaban J connectivity index is 3.70. The molecular formula is C38H66O6. The van der Waals surface area contributed by atoms with E-state index in [9.17, 15) is 14.7 Å². The number of hydrogen-bond donors (Lipinski definition) is 2. The van der Waals surface area contributed by atoms with Gasteiger partial charge in [-0.25, -0.2) is 0 Å². The van der Waals surface area contributed by atoms with E-state index in [-0.39, 0.29) is 25.2 Å². The zero-order valence-electron chi connectivity index (χ0n) is 28.3. The van der Waals surface area contributed by atoms with Crippen molar-refractivity contribution in [3.8, 4) is 0 Å². The third-order valence-corrected chi connectivity index (χ3v) is 7.36. The van der Waals surface area contributed by atoms with E-state index in [0.29, 0.717) is 25.9 Å². The minimum Gasteiger partial charge on any atom is -0.462 e. The van der Waals surface area contributed by atoms with Crippen LogP contribution in [0.4, 0.5) is 0 Å². The van der Waals surface area contributed by atoms with Crippen molar-refractivity contribution >= 4 is 11.9 Å². The molecule has 0 unspecified atom stereocenters. The molecule has 0 bridgehead atoms. The topological polar surface area (TPSA) is 93.1 Å². The Morgan fingerprint density at radius 3 is 1.59 bits per heavy atom. The highest BCUT2D eigenvalue weighted by Crippen LogP contribution is 2.14. The van der Waals surface area contributed by atoms with Crippen LogP contribution in [0.1, 0.15) is 149 Å². The number of hydrogen-bond acceptors (Lipinski definition) is 6. The van der Waals surface area contributed by atoms with Crippen LogP contribution in [-0.4, -0.2) is 48.1 Å². The summed E-state index contributed by atoms with van der Waals surface area (Å²) < 4.78 is 10.5. The molecule has 0 rings (SSSR count). The molecule has 2 N–H and O–H groups in total. The molecule has 0 aliphatic carbocycles. The maximum absolute atomic E-state index is 12.1. The van der Waals surface area contributed by atoms with Crippen molar-refractivity contribution in [3.05, 3.63) is 48.6 Å². The number of carbonyl (C=O) groups excluding carboxylic acids is 2. The molecule has 0 saturated heterocycles. The molecule has 1 atom stereocenters. The predicted molar refractivity (Wildman–Crippen MR) is 183 cm³/mol. The Kier molecular flexibility index (Phi) is 32.0. The fraction of sp³-hybridized carbons (Fsp3) is 0.737. The van der Waals surface area contributed by atoms with Gasteiger partial charge in [-0.05, 0) is 63.7 Å². The third-order valence-electron chi connectivity index (χ3n) is 7.36. The normalized spacial score (nSPS) is 12.8. The molecule has 6 heteroatoms. The Hall–Kier alpha value is -2.18. The molecule has 6 nitrogen and oxygen atoms in total. The van der Waals surface area contributed by atoms with Crippen molar-refractivity contribution in [1.29, 1.82) is 0 Å². The second kappa shape index (κ2) is 33.7. The zero-order valence-corrected chi connectivity index (χ0v) is 28.3. The third kappa shape index (κ3) is 32.7. The van der Waals surface area contributed by atoms with Gasteiger partial charge in [-0.3, -0.25) is 9.59 Å². The summed E-state index contributed by atoms with van der Waals surface area (Å²) in [6, 6.07) is 0. The number of ether oxygens (including phenoxy) is 2. The summed E-state index contributed by atoms with van der Waals surface area (Å²) in [4.78, 5) is 24.1. The van der Waals surface area contributed by atoms with Gasteiger partial charge >= 0.3 is 11.9 Å². The number of carbonyl (C=O) groups is 2. The predicted octanol–water partition coefficient (Wildman–Crippen LogP) is 9.50. The molecule has 0 aromatic carbocycles. The lowest BCUT2D eigenvalue weighted by molar-refractivity contribution is -0.161. The van der Waals surface area contributed by atoms with Gasteiger partial charge in [0.15, 0.2) is 6.10 Å². The van der Waals surface area contributed by atoms with Gasteiger partial charge in [-0.1, -0.05) is 127 Å². The Bertz CT molecular complexity index is 767. The molecular weight excluding hydrogens is 552 g/mol. The largest absolute Gasteiger partial charge is 0.462 e. The zero-order chi connectivity index (χ0) is 32.4. The Morgan fingerprint density at radius 1 is 0.568 bits per heavy atom. The van der Waals surface area contributed by atoms with Crippen molar-refractivity contribution in [2.75, 3.05) is 19.8 Å². The van der Waals surface area contributed by atoms with Gasteiger partial charge in [0.25, 0.3) is 0 Å². The molecule has 0 aromatic heterocycles. The van der Waals surface area contributed by atoms with Crippen molar-refractivity contribution in [1.82, 2.24) is 0 Å². The minimum absolute atomic E-state index is 0.102. The summed E-state index contributed by atoms with van der Waals surface area (Å²) in [6.45, 7) is 4.40.